The zero-order chi connectivity index (χ0) is 59.5. The molecule has 0 aliphatic heterocycles. The van der Waals surface area contributed by atoms with Gasteiger partial charge in [-0.2, -0.15) is 0 Å². The zero-order valence-corrected chi connectivity index (χ0v) is 53.3. The summed E-state index contributed by atoms with van der Waals surface area (Å²) in [6.07, 6.45) is 32.4. The second-order valence-electron chi connectivity index (χ2n) is 23.3. The van der Waals surface area contributed by atoms with E-state index < -0.39 is 97.5 Å². The highest BCUT2D eigenvalue weighted by Gasteiger charge is 2.30. The maximum atomic E-state index is 12.9. The molecule has 0 spiro atoms. The SMILES string of the molecule is CCCCCCCCCCC(=O)OC[C@H](COP(=O)(O)OC[C@H](O)COP(=O)(O)OC[C@@H](COC(=O)CCCCCCCCC(C)C)OC(=O)CCCCCCCCCCCCC(C)CC)OC(=O)CCCCCCCCC(C)C. The Bertz CT molecular complexity index is 1600. The fraction of sp³-hybridized carbons (Fsp3) is 0.934. The number of phosphoric ester groups is 2. The number of carbonyl (C=O) groups excluding carboxylic acids is 4. The van der Waals surface area contributed by atoms with E-state index in [1.165, 1.54) is 89.9 Å². The van der Waals surface area contributed by atoms with Crippen LogP contribution < -0.4 is 0 Å². The van der Waals surface area contributed by atoms with Crippen molar-refractivity contribution in [2.75, 3.05) is 39.6 Å². The molecular formula is C61H118O17P2. The van der Waals surface area contributed by atoms with E-state index in [-0.39, 0.29) is 25.7 Å². The number of hydrogen-bond acceptors (Lipinski definition) is 15. The Balaban J connectivity index is 5.22. The van der Waals surface area contributed by atoms with Crippen molar-refractivity contribution in [2.24, 2.45) is 17.8 Å². The van der Waals surface area contributed by atoms with Gasteiger partial charge in [0.2, 0.25) is 0 Å². The molecule has 0 aromatic rings. The summed E-state index contributed by atoms with van der Waals surface area (Å²) in [5, 5.41) is 10.5. The summed E-state index contributed by atoms with van der Waals surface area (Å²) in [4.78, 5) is 71.9. The van der Waals surface area contributed by atoms with E-state index in [9.17, 15) is 43.2 Å². The fourth-order valence-electron chi connectivity index (χ4n) is 8.92. The number of aliphatic hydroxyl groups excluding tert-OH is 1. The van der Waals surface area contributed by atoms with Crippen LogP contribution in [0.25, 0.3) is 0 Å². The van der Waals surface area contributed by atoms with Crippen molar-refractivity contribution < 1.29 is 80.2 Å². The molecule has 0 aliphatic carbocycles. The number of hydrogen-bond donors (Lipinski definition) is 3. The molecule has 0 saturated carbocycles. The van der Waals surface area contributed by atoms with Gasteiger partial charge in [-0.3, -0.25) is 37.3 Å². The fourth-order valence-corrected chi connectivity index (χ4v) is 10.5. The summed E-state index contributed by atoms with van der Waals surface area (Å²) in [6.45, 7) is 11.6. The van der Waals surface area contributed by atoms with Gasteiger partial charge in [-0.25, -0.2) is 9.13 Å². The average molecular weight is 1190 g/mol. The summed E-state index contributed by atoms with van der Waals surface area (Å²) < 4.78 is 67.8. The van der Waals surface area contributed by atoms with Crippen LogP contribution in [0.1, 0.15) is 292 Å². The minimum absolute atomic E-state index is 0.101. The van der Waals surface area contributed by atoms with Crippen LogP contribution in [0.2, 0.25) is 0 Å². The normalized spacial score (nSPS) is 14.8. The minimum atomic E-state index is -4.94. The second-order valence-corrected chi connectivity index (χ2v) is 26.2. The molecule has 17 nitrogen and oxygen atoms in total. The van der Waals surface area contributed by atoms with E-state index in [0.29, 0.717) is 37.5 Å². The van der Waals surface area contributed by atoms with Crippen molar-refractivity contribution in [1.82, 2.24) is 0 Å². The van der Waals surface area contributed by atoms with Crippen molar-refractivity contribution in [3.05, 3.63) is 0 Å². The summed E-state index contributed by atoms with van der Waals surface area (Å²) >= 11 is 0. The summed E-state index contributed by atoms with van der Waals surface area (Å²) in [6, 6.07) is 0. The second kappa shape index (κ2) is 52.6. The Hall–Kier alpha value is -1.94. The van der Waals surface area contributed by atoms with E-state index in [4.69, 9.17) is 37.0 Å². The Labute approximate surface area is 486 Å². The van der Waals surface area contributed by atoms with Crippen molar-refractivity contribution in [1.29, 1.82) is 0 Å². The van der Waals surface area contributed by atoms with E-state index >= 15 is 0 Å². The van der Waals surface area contributed by atoms with Crippen molar-refractivity contribution in [2.45, 2.75) is 311 Å². The first-order valence-electron chi connectivity index (χ1n) is 31.9. The Morgan fingerprint density at radius 1 is 0.362 bits per heavy atom. The van der Waals surface area contributed by atoms with Crippen LogP contribution in [0, 0.1) is 17.8 Å². The number of esters is 4. The largest absolute Gasteiger partial charge is 0.472 e. The molecule has 0 rings (SSSR count). The maximum absolute atomic E-state index is 12.9. The predicted molar refractivity (Wildman–Crippen MR) is 317 cm³/mol. The zero-order valence-electron chi connectivity index (χ0n) is 51.5. The van der Waals surface area contributed by atoms with Crippen LogP contribution in [0.15, 0.2) is 0 Å². The molecule has 3 N–H and O–H groups in total. The maximum Gasteiger partial charge on any atom is 0.472 e. The molecule has 6 atom stereocenters. The lowest BCUT2D eigenvalue weighted by molar-refractivity contribution is -0.161. The lowest BCUT2D eigenvalue weighted by atomic mass is 9.99. The van der Waals surface area contributed by atoms with Gasteiger partial charge >= 0.3 is 39.5 Å². The van der Waals surface area contributed by atoms with E-state index in [1.54, 1.807) is 0 Å². The average Bonchev–Trinajstić information content (AvgIpc) is 3.41. The molecule has 0 fully saturated rings. The quantitative estimate of drug-likeness (QED) is 0.0222. The number of aliphatic hydroxyl groups is 1. The van der Waals surface area contributed by atoms with Crippen LogP contribution in [0.3, 0.4) is 0 Å². The Morgan fingerprint density at radius 2 is 0.637 bits per heavy atom. The number of carbonyl (C=O) groups is 4. The lowest BCUT2D eigenvalue weighted by Crippen LogP contribution is -2.30. The van der Waals surface area contributed by atoms with Gasteiger partial charge in [-0.05, 0) is 43.4 Å². The van der Waals surface area contributed by atoms with Gasteiger partial charge < -0.3 is 33.8 Å². The van der Waals surface area contributed by atoms with Gasteiger partial charge in [0.25, 0.3) is 0 Å². The Morgan fingerprint density at radius 3 is 0.950 bits per heavy atom. The molecule has 0 amide bonds. The number of unbranched alkanes of at least 4 members (excludes halogenated alkanes) is 26. The van der Waals surface area contributed by atoms with Gasteiger partial charge in [-0.15, -0.1) is 0 Å². The number of rotatable bonds is 59. The first-order chi connectivity index (χ1) is 38.3. The van der Waals surface area contributed by atoms with Crippen LogP contribution >= 0.6 is 15.6 Å². The van der Waals surface area contributed by atoms with Crippen molar-refractivity contribution in [3.8, 4) is 0 Å². The van der Waals surface area contributed by atoms with Gasteiger partial charge in [0.15, 0.2) is 12.2 Å². The third-order valence-electron chi connectivity index (χ3n) is 14.2. The van der Waals surface area contributed by atoms with E-state index in [1.807, 2.05) is 0 Å². The molecular weight excluding hydrogens is 1070 g/mol. The molecule has 0 bridgehead atoms. The number of phosphoric acid groups is 2. The molecule has 0 radical (unpaired) electrons. The summed E-state index contributed by atoms with van der Waals surface area (Å²) in [5.41, 5.74) is 0. The minimum Gasteiger partial charge on any atom is -0.462 e. The standard InChI is InChI=1S/C61H118O17P2/c1-8-10-11-12-13-19-28-35-42-58(63)71-48-57(78-61(66)45-38-31-24-22-26-33-40-53(5)6)51-76-80(69,70)74-47-55(62)46-73-79(67,68)75-50-56(49-72-59(64)43-36-29-23-21-25-32-39-52(3)4)77-60(65)44-37-30-20-17-15-14-16-18-27-34-41-54(7)9-2/h52-57,62H,8-51H2,1-7H3,(H,67,68)(H,69,70)/t54?,55-,56-,57-/m1/s1. The van der Waals surface area contributed by atoms with Gasteiger partial charge in [0.05, 0.1) is 26.4 Å². The van der Waals surface area contributed by atoms with Crippen LogP contribution in [-0.2, 0) is 65.4 Å². The van der Waals surface area contributed by atoms with Gasteiger partial charge in [0, 0.05) is 25.7 Å². The van der Waals surface area contributed by atoms with E-state index in [0.717, 1.165) is 109 Å². The Kier molecular flexibility index (Phi) is 51.3. The smallest absolute Gasteiger partial charge is 0.462 e. The molecule has 474 valence electrons. The summed E-state index contributed by atoms with van der Waals surface area (Å²) in [7, 11) is -9.88. The highest BCUT2D eigenvalue weighted by atomic mass is 31.2. The first-order valence-corrected chi connectivity index (χ1v) is 34.9. The topological polar surface area (TPSA) is 237 Å². The summed E-state index contributed by atoms with van der Waals surface area (Å²) in [5.74, 6) is 0.00398. The first kappa shape index (κ1) is 78.1. The van der Waals surface area contributed by atoms with Crippen molar-refractivity contribution in [3.63, 3.8) is 0 Å². The third-order valence-corrected chi connectivity index (χ3v) is 16.1. The highest BCUT2D eigenvalue weighted by Crippen LogP contribution is 2.45. The molecule has 0 aromatic carbocycles. The highest BCUT2D eigenvalue weighted by molar-refractivity contribution is 7.47. The van der Waals surface area contributed by atoms with Crippen molar-refractivity contribution >= 4 is 39.5 Å². The van der Waals surface area contributed by atoms with Gasteiger partial charge in [-0.1, -0.05) is 241 Å². The van der Waals surface area contributed by atoms with Crippen LogP contribution in [-0.4, -0.2) is 96.7 Å². The molecule has 0 aromatic heterocycles. The molecule has 19 heteroatoms. The molecule has 0 aliphatic rings. The van der Waals surface area contributed by atoms with E-state index in [2.05, 4.69) is 48.5 Å². The molecule has 80 heavy (non-hydrogen) atoms. The lowest BCUT2D eigenvalue weighted by Gasteiger charge is -2.21. The predicted octanol–water partition coefficient (Wildman–Crippen LogP) is 16.3. The van der Waals surface area contributed by atoms with Gasteiger partial charge in [0.1, 0.15) is 19.3 Å². The molecule has 3 unspecified atom stereocenters. The molecule has 0 heterocycles. The number of ether oxygens (including phenoxy) is 4. The van der Waals surface area contributed by atoms with Crippen LogP contribution in [0.4, 0.5) is 0 Å². The monoisotopic (exact) mass is 1180 g/mol. The molecule has 0 saturated heterocycles. The van der Waals surface area contributed by atoms with Crippen LogP contribution in [0.5, 0.6) is 0 Å². The third kappa shape index (κ3) is 54.0.